The van der Waals surface area contributed by atoms with E-state index in [0.717, 1.165) is 25.7 Å². The molecule has 0 amide bonds. The van der Waals surface area contributed by atoms with Crippen molar-refractivity contribution in [1.29, 1.82) is 0 Å². The summed E-state index contributed by atoms with van der Waals surface area (Å²) in [5.74, 6) is -0.177. The van der Waals surface area contributed by atoms with Crippen molar-refractivity contribution in [3.63, 3.8) is 0 Å². The molecule has 1 aliphatic heterocycles. The van der Waals surface area contributed by atoms with Gasteiger partial charge in [-0.05, 0) is 90.8 Å². The molecule has 2 bridgehead atoms. The maximum atomic E-state index is 13.5. The summed E-state index contributed by atoms with van der Waals surface area (Å²) in [5.41, 5.74) is 5.35. The van der Waals surface area contributed by atoms with Crippen molar-refractivity contribution in [1.82, 2.24) is 14.8 Å². The van der Waals surface area contributed by atoms with Crippen LogP contribution in [-0.2, 0) is 24.3 Å². The number of ether oxygens (including phenoxy) is 2. The first-order chi connectivity index (χ1) is 23.3. The van der Waals surface area contributed by atoms with Gasteiger partial charge in [0.15, 0.2) is 0 Å². The van der Waals surface area contributed by atoms with Gasteiger partial charge in [0, 0.05) is 16.4 Å². The Balaban J connectivity index is 1.49. The smallest absolute Gasteiger partial charge is 0.307 e. The van der Waals surface area contributed by atoms with Gasteiger partial charge in [0.1, 0.15) is 6.33 Å². The zero-order valence-corrected chi connectivity index (χ0v) is 33.8. The summed E-state index contributed by atoms with van der Waals surface area (Å²) < 4.78 is 40.9. The van der Waals surface area contributed by atoms with Crippen molar-refractivity contribution in [2.24, 2.45) is 73.0 Å². The minimum absolute atomic E-state index is 0.166. The maximum Gasteiger partial charge on any atom is 0.307 e. The van der Waals surface area contributed by atoms with Crippen molar-refractivity contribution in [3.8, 4) is 0 Å². The number of aromatic nitrogens is 3. The standard InChI is InChI=1S/C39H65N5O6S/c1-23(2)24(3)34(7)16-17-36(9)25-12-13-28-35(8)19-49-21-39(28,26(25)14-15-37(36,10)29(34)31(45)46)18-27(44-32(42-22-43-44)51(41,47)48)30(35)50-20-38(11,40)33(4,5)6/h14,22-25,27-30H,12-13,15-21,40H2,1-11H3,(H,45,46)(H2,41,47,48)/t24-,25+,27-,28+,29-,30+,34-,35-,36-,37+,38+,39+/m1/s1. The number of fused-ring (bicyclic) bond motifs is 3. The number of carboxylic acid groups (broad SMARTS) is 1. The maximum absolute atomic E-state index is 13.5. The van der Waals surface area contributed by atoms with Gasteiger partial charge in [-0.3, -0.25) is 4.79 Å². The van der Waals surface area contributed by atoms with E-state index >= 15 is 0 Å². The first-order valence-electron chi connectivity index (χ1n) is 19.2. The van der Waals surface area contributed by atoms with Crippen LogP contribution < -0.4 is 10.9 Å². The van der Waals surface area contributed by atoms with Crippen molar-refractivity contribution in [2.75, 3.05) is 19.8 Å². The molecule has 5 N–H and O–H groups in total. The van der Waals surface area contributed by atoms with Gasteiger partial charge in [-0.25, -0.2) is 23.2 Å². The number of hydrogen-bond donors (Lipinski definition) is 3. The molecule has 0 aromatic carbocycles. The van der Waals surface area contributed by atoms with Crippen LogP contribution in [-0.4, -0.2) is 65.7 Å². The van der Waals surface area contributed by atoms with Gasteiger partial charge in [0.05, 0.1) is 37.9 Å². The largest absolute Gasteiger partial charge is 0.481 e. The second-order valence-corrected chi connectivity index (χ2v) is 21.5. The number of aliphatic carboxylic acids is 1. The number of rotatable bonds is 8. The van der Waals surface area contributed by atoms with Crippen LogP contribution in [0, 0.1) is 62.1 Å². The van der Waals surface area contributed by atoms with Crippen LogP contribution in [0.4, 0.5) is 0 Å². The van der Waals surface area contributed by atoms with Gasteiger partial charge < -0.3 is 20.3 Å². The fraction of sp³-hybridized carbons (Fsp3) is 0.872. The number of carbonyl (C=O) groups is 1. The predicted molar refractivity (Wildman–Crippen MR) is 196 cm³/mol. The molecule has 288 valence electrons. The number of sulfonamides is 1. The first kappa shape index (κ1) is 38.9. The summed E-state index contributed by atoms with van der Waals surface area (Å²) >= 11 is 0. The van der Waals surface area contributed by atoms with Gasteiger partial charge >= 0.3 is 5.97 Å². The van der Waals surface area contributed by atoms with Gasteiger partial charge in [0.25, 0.3) is 15.2 Å². The zero-order chi connectivity index (χ0) is 38.0. The molecule has 3 saturated carbocycles. The number of allylic oxidation sites excluding steroid dienone is 1. The lowest BCUT2D eigenvalue weighted by molar-refractivity contribution is -0.254. The minimum Gasteiger partial charge on any atom is -0.481 e. The van der Waals surface area contributed by atoms with Crippen molar-refractivity contribution >= 4 is 16.0 Å². The third-order valence-corrected chi connectivity index (χ3v) is 17.3. The molecular weight excluding hydrogens is 667 g/mol. The Labute approximate surface area is 306 Å². The molecule has 4 fully saturated rings. The first-order valence-corrected chi connectivity index (χ1v) is 20.7. The molecule has 2 heterocycles. The SMILES string of the molecule is CC(C)[C@@H](C)[C@@]1(C)CC[C@]2(C)[C@H]3CC[C@@H]4[C@@]5(COC[C@@]4(C)[C@@H](OC[C@](C)(N)C(C)(C)C)[C@H](n4ncnc4S(N)(=O)=O)C5)C3=CC[C@@]2(C)[C@@H]1C(=O)O. The summed E-state index contributed by atoms with van der Waals surface area (Å²) in [5, 5.41) is 21.1. The molecule has 0 unspecified atom stereocenters. The summed E-state index contributed by atoms with van der Waals surface area (Å²) in [7, 11) is -4.19. The lowest BCUT2D eigenvalue weighted by Crippen LogP contribution is -2.69. The summed E-state index contributed by atoms with van der Waals surface area (Å²) in [6.07, 6.45) is 8.11. The summed E-state index contributed by atoms with van der Waals surface area (Å²) in [6, 6.07) is -0.504. The fourth-order valence-corrected chi connectivity index (χ4v) is 12.9. The number of nitrogens with two attached hydrogens (primary N) is 2. The molecule has 0 spiro atoms. The van der Waals surface area contributed by atoms with Crippen molar-refractivity contribution in [3.05, 3.63) is 18.0 Å². The molecule has 0 radical (unpaired) electrons. The zero-order valence-electron chi connectivity index (χ0n) is 33.0. The number of primary sulfonamides is 1. The molecule has 11 nitrogen and oxygen atoms in total. The van der Waals surface area contributed by atoms with E-state index in [0.29, 0.717) is 32.0 Å². The monoisotopic (exact) mass is 731 g/mol. The molecule has 12 heteroatoms. The number of carboxylic acids is 1. The van der Waals surface area contributed by atoms with Gasteiger partial charge in [-0.2, -0.15) is 5.10 Å². The Morgan fingerprint density at radius 2 is 1.76 bits per heavy atom. The van der Waals surface area contributed by atoms with Gasteiger partial charge in [-0.1, -0.05) is 80.9 Å². The summed E-state index contributed by atoms with van der Waals surface area (Å²) in [6.45, 7) is 25.3. The van der Waals surface area contributed by atoms with Crippen molar-refractivity contribution in [2.45, 2.75) is 138 Å². The van der Waals surface area contributed by atoms with Crippen LogP contribution in [0.5, 0.6) is 0 Å². The van der Waals surface area contributed by atoms with Crippen LogP contribution in [0.15, 0.2) is 23.1 Å². The lowest BCUT2D eigenvalue weighted by Gasteiger charge is -2.71. The third kappa shape index (κ3) is 5.45. The molecule has 1 aromatic rings. The molecule has 51 heavy (non-hydrogen) atoms. The van der Waals surface area contributed by atoms with E-state index in [4.69, 9.17) is 20.3 Å². The quantitative estimate of drug-likeness (QED) is 0.263. The Kier molecular flexibility index (Phi) is 9.20. The molecule has 12 atom stereocenters. The van der Waals surface area contributed by atoms with Crippen molar-refractivity contribution < 1.29 is 27.8 Å². The van der Waals surface area contributed by atoms with E-state index in [-0.39, 0.29) is 45.8 Å². The molecular formula is C39H65N5O6S. The normalized spacial score (nSPS) is 42.9. The van der Waals surface area contributed by atoms with Gasteiger partial charge in [-0.15, -0.1) is 0 Å². The highest BCUT2D eigenvalue weighted by Crippen LogP contribution is 2.75. The molecule has 5 aliphatic rings. The Hall–Kier alpha value is -1.86. The molecule has 1 saturated heterocycles. The van der Waals surface area contributed by atoms with E-state index in [9.17, 15) is 18.3 Å². The minimum atomic E-state index is -4.19. The van der Waals surface area contributed by atoms with E-state index in [1.807, 2.05) is 6.92 Å². The topological polar surface area (TPSA) is 173 Å². The van der Waals surface area contributed by atoms with Crippen LogP contribution in [0.25, 0.3) is 0 Å². The second kappa shape index (κ2) is 12.1. The number of hydrogen-bond acceptors (Lipinski definition) is 8. The van der Waals surface area contributed by atoms with E-state index in [1.54, 1.807) is 0 Å². The fourth-order valence-electron chi connectivity index (χ4n) is 12.3. The Morgan fingerprint density at radius 1 is 1.10 bits per heavy atom. The average molecular weight is 732 g/mol. The molecule has 6 rings (SSSR count). The van der Waals surface area contributed by atoms with Crippen LogP contribution in [0.2, 0.25) is 0 Å². The molecule has 4 aliphatic carbocycles. The Bertz CT molecular complexity index is 1680. The summed E-state index contributed by atoms with van der Waals surface area (Å²) in [4.78, 5) is 17.6. The third-order valence-electron chi connectivity index (χ3n) is 16.5. The van der Waals surface area contributed by atoms with Crippen LogP contribution in [0.3, 0.4) is 0 Å². The predicted octanol–water partition coefficient (Wildman–Crippen LogP) is 6.20. The van der Waals surface area contributed by atoms with E-state index in [1.165, 1.54) is 16.6 Å². The highest BCUT2D eigenvalue weighted by Gasteiger charge is 2.72. The highest BCUT2D eigenvalue weighted by molar-refractivity contribution is 7.89. The molecule has 1 aromatic heterocycles. The van der Waals surface area contributed by atoms with Gasteiger partial charge in [0.2, 0.25) is 0 Å². The lowest BCUT2D eigenvalue weighted by atomic mass is 9.34. The van der Waals surface area contributed by atoms with E-state index in [2.05, 4.69) is 85.4 Å². The average Bonchev–Trinajstić information content (AvgIpc) is 3.50. The van der Waals surface area contributed by atoms with Crippen LogP contribution >= 0.6 is 0 Å². The number of nitrogens with zero attached hydrogens (tertiary/aromatic N) is 3. The van der Waals surface area contributed by atoms with Crippen LogP contribution in [0.1, 0.15) is 121 Å². The van der Waals surface area contributed by atoms with E-state index < -0.39 is 55.8 Å². The highest BCUT2D eigenvalue weighted by atomic mass is 32.2. The second-order valence-electron chi connectivity index (χ2n) is 20.0. The Morgan fingerprint density at radius 3 is 2.35 bits per heavy atom.